The number of hydrogen-bond acceptors (Lipinski definition) is 3. The van der Waals surface area contributed by atoms with Crippen LogP contribution in [0.3, 0.4) is 0 Å². The SMILES string of the molecule is Cc1ccc(N(CCC(=O)O)C(=O)c2cccc3c2Cc2ccccc2N3C)cc1. The summed E-state index contributed by atoms with van der Waals surface area (Å²) >= 11 is 0. The van der Waals surface area contributed by atoms with E-state index in [-0.39, 0.29) is 18.9 Å². The molecule has 0 radical (unpaired) electrons. The van der Waals surface area contributed by atoms with Gasteiger partial charge < -0.3 is 14.9 Å². The van der Waals surface area contributed by atoms with Gasteiger partial charge in [0.05, 0.1) is 6.42 Å². The standard InChI is InChI=1S/C25H24N2O3/c1-17-10-12-19(13-11-17)27(15-14-24(28)29)25(30)20-7-5-9-23-21(20)16-18-6-3-4-8-22(18)26(23)2/h3-13H,14-16H2,1-2H3,(H,28,29). The van der Waals surface area contributed by atoms with Crippen LogP contribution < -0.4 is 9.80 Å². The van der Waals surface area contributed by atoms with E-state index in [2.05, 4.69) is 17.0 Å². The van der Waals surface area contributed by atoms with Crippen molar-refractivity contribution in [3.8, 4) is 0 Å². The summed E-state index contributed by atoms with van der Waals surface area (Å²) in [6.45, 7) is 2.10. The van der Waals surface area contributed by atoms with Gasteiger partial charge >= 0.3 is 5.97 Å². The molecule has 1 aliphatic heterocycles. The van der Waals surface area contributed by atoms with Crippen LogP contribution in [0.5, 0.6) is 0 Å². The summed E-state index contributed by atoms with van der Waals surface area (Å²) in [5, 5.41) is 9.20. The maximum Gasteiger partial charge on any atom is 0.305 e. The van der Waals surface area contributed by atoms with Gasteiger partial charge in [0.2, 0.25) is 0 Å². The molecular formula is C25H24N2O3. The highest BCUT2D eigenvalue weighted by Gasteiger charge is 2.27. The molecular weight excluding hydrogens is 376 g/mol. The lowest BCUT2D eigenvalue weighted by atomic mass is 9.91. The van der Waals surface area contributed by atoms with Crippen LogP contribution in [0.4, 0.5) is 17.1 Å². The zero-order chi connectivity index (χ0) is 21.3. The van der Waals surface area contributed by atoms with Crippen LogP contribution in [0.2, 0.25) is 0 Å². The van der Waals surface area contributed by atoms with Gasteiger partial charge in [0, 0.05) is 42.6 Å². The van der Waals surface area contributed by atoms with Gasteiger partial charge in [-0.25, -0.2) is 0 Å². The molecule has 152 valence electrons. The average molecular weight is 400 g/mol. The molecule has 1 heterocycles. The van der Waals surface area contributed by atoms with Gasteiger partial charge in [-0.3, -0.25) is 9.59 Å². The van der Waals surface area contributed by atoms with E-state index in [1.54, 1.807) is 4.90 Å². The number of anilines is 3. The Morgan fingerprint density at radius 2 is 1.67 bits per heavy atom. The number of carbonyl (C=O) groups excluding carboxylic acids is 1. The van der Waals surface area contributed by atoms with Crippen molar-refractivity contribution in [2.24, 2.45) is 0 Å². The third-order valence-corrected chi connectivity index (χ3v) is 5.60. The Balaban J connectivity index is 1.75. The first-order valence-electron chi connectivity index (χ1n) is 9.99. The van der Waals surface area contributed by atoms with Crippen molar-refractivity contribution in [2.45, 2.75) is 19.8 Å². The quantitative estimate of drug-likeness (QED) is 0.669. The molecule has 1 N–H and O–H groups in total. The van der Waals surface area contributed by atoms with Crippen molar-refractivity contribution in [1.29, 1.82) is 0 Å². The van der Waals surface area contributed by atoms with Gasteiger partial charge in [-0.1, -0.05) is 42.0 Å². The van der Waals surface area contributed by atoms with E-state index >= 15 is 0 Å². The van der Waals surface area contributed by atoms with Crippen LogP contribution in [0.25, 0.3) is 0 Å². The number of hydrogen-bond donors (Lipinski definition) is 1. The summed E-state index contributed by atoms with van der Waals surface area (Å²) in [4.78, 5) is 28.5. The minimum Gasteiger partial charge on any atom is -0.481 e. The second-order valence-corrected chi connectivity index (χ2v) is 7.60. The third kappa shape index (κ3) is 3.66. The number of carboxylic acids is 1. The second kappa shape index (κ2) is 8.03. The molecule has 5 nitrogen and oxygen atoms in total. The smallest absolute Gasteiger partial charge is 0.305 e. The predicted octanol–water partition coefficient (Wildman–Crippen LogP) is 4.79. The summed E-state index contributed by atoms with van der Waals surface area (Å²) in [5.74, 6) is -1.10. The van der Waals surface area contributed by atoms with Crippen molar-refractivity contribution >= 4 is 28.9 Å². The summed E-state index contributed by atoms with van der Waals surface area (Å²) in [5.41, 5.74) is 6.67. The Bertz CT molecular complexity index is 1110. The first-order valence-corrected chi connectivity index (χ1v) is 9.99. The number of benzene rings is 3. The van der Waals surface area contributed by atoms with Crippen molar-refractivity contribution in [2.75, 3.05) is 23.4 Å². The average Bonchev–Trinajstić information content (AvgIpc) is 2.74. The molecule has 0 fully saturated rings. The van der Waals surface area contributed by atoms with Gasteiger partial charge in [0.15, 0.2) is 0 Å². The van der Waals surface area contributed by atoms with Gasteiger partial charge in [-0.15, -0.1) is 0 Å². The number of fused-ring (bicyclic) bond motifs is 2. The number of carbonyl (C=O) groups is 2. The highest BCUT2D eigenvalue weighted by molar-refractivity contribution is 6.08. The number of aryl methyl sites for hydroxylation is 1. The zero-order valence-electron chi connectivity index (χ0n) is 17.1. The number of nitrogens with zero attached hydrogens (tertiary/aromatic N) is 2. The maximum absolute atomic E-state index is 13.6. The van der Waals surface area contributed by atoms with E-state index in [0.29, 0.717) is 17.7 Å². The van der Waals surface area contributed by atoms with Crippen molar-refractivity contribution < 1.29 is 14.7 Å². The van der Waals surface area contributed by atoms with Crippen molar-refractivity contribution in [1.82, 2.24) is 0 Å². The van der Waals surface area contributed by atoms with Crippen LogP contribution in [-0.4, -0.2) is 30.6 Å². The molecule has 0 atom stereocenters. The monoisotopic (exact) mass is 400 g/mol. The number of amides is 1. The van der Waals surface area contributed by atoms with Gasteiger partial charge in [0.1, 0.15) is 0 Å². The Kier molecular flexibility index (Phi) is 5.27. The minimum atomic E-state index is -0.927. The molecule has 1 aliphatic rings. The lowest BCUT2D eigenvalue weighted by Gasteiger charge is -2.32. The zero-order valence-corrected chi connectivity index (χ0v) is 17.1. The second-order valence-electron chi connectivity index (χ2n) is 7.60. The molecule has 0 aromatic heterocycles. The molecule has 1 amide bonds. The van der Waals surface area contributed by atoms with Crippen molar-refractivity contribution in [3.05, 3.63) is 89.0 Å². The maximum atomic E-state index is 13.6. The first-order chi connectivity index (χ1) is 14.5. The molecule has 0 saturated heterocycles. The Morgan fingerprint density at radius 3 is 2.40 bits per heavy atom. The molecule has 0 unspecified atom stereocenters. The highest BCUT2D eigenvalue weighted by atomic mass is 16.4. The Morgan fingerprint density at radius 1 is 0.967 bits per heavy atom. The molecule has 0 aliphatic carbocycles. The van der Waals surface area contributed by atoms with E-state index in [0.717, 1.165) is 22.5 Å². The number of rotatable bonds is 5. The summed E-state index contributed by atoms with van der Waals surface area (Å²) in [6.07, 6.45) is 0.551. The summed E-state index contributed by atoms with van der Waals surface area (Å²) in [6, 6.07) is 21.5. The Hall–Kier alpha value is -3.60. The molecule has 0 saturated carbocycles. The third-order valence-electron chi connectivity index (χ3n) is 5.60. The van der Waals surface area contributed by atoms with E-state index in [1.807, 2.05) is 68.6 Å². The van der Waals surface area contributed by atoms with Gasteiger partial charge in [-0.05, 0) is 48.4 Å². The number of carboxylic acid groups (broad SMARTS) is 1. The molecule has 0 bridgehead atoms. The van der Waals surface area contributed by atoms with Crippen LogP contribution >= 0.6 is 0 Å². The fourth-order valence-corrected chi connectivity index (χ4v) is 4.01. The van der Waals surface area contributed by atoms with Crippen LogP contribution in [-0.2, 0) is 11.2 Å². The van der Waals surface area contributed by atoms with E-state index < -0.39 is 5.97 Å². The van der Waals surface area contributed by atoms with E-state index in [1.165, 1.54) is 5.56 Å². The van der Waals surface area contributed by atoms with E-state index in [4.69, 9.17) is 0 Å². The topological polar surface area (TPSA) is 60.9 Å². The highest BCUT2D eigenvalue weighted by Crippen LogP contribution is 2.39. The fraction of sp³-hybridized carbons (Fsp3) is 0.200. The molecule has 4 rings (SSSR count). The Labute approximate surface area is 176 Å². The molecule has 5 heteroatoms. The lowest BCUT2D eigenvalue weighted by molar-refractivity contribution is -0.136. The van der Waals surface area contributed by atoms with Crippen LogP contribution in [0.1, 0.15) is 33.5 Å². The molecule has 3 aromatic rings. The summed E-state index contributed by atoms with van der Waals surface area (Å²) in [7, 11) is 2.01. The van der Waals surface area contributed by atoms with Crippen LogP contribution in [0.15, 0.2) is 66.7 Å². The molecule has 0 spiro atoms. The van der Waals surface area contributed by atoms with Crippen molar-refractivity contribution in [3.63, 3.8) is 0 Å². The lowest BCUT2D eigenvalue weighted by Crippen LogP contribution is -2.34. The first kappa shape index (κ1) is 19.7. The molecule has 30 heavy (non-hydrogen) atoms. The van der Waals surface area contributed by atoms with Crippen LogP contribution in [0, 0.1) is 6.92 Å². The van der Waals surface area contributed by atoms with Gasteiger partial charge in [-0.2, -0.15) is 0 Å². The predicted molar refractivity (Wildman–Crippen MR) is 119 cm³/mol. The fourth-order valence-electron chi connectivity index (χ4n) is 4.01. The number of para-hydroxylation sites is 1. The van der Waals surface area contributed by atoms with E-state index in [9.17, 15) is 14.7 Å². The minimum absolute atomic E-state index is 0.114. The summed E-state index contributed by atoms with van der Waals surface area (Å²) < 4.78 is 0. The van der Waals surface area contributed by atoms with Gasteiger partial charge in [0.25, 0.3) is 5.91 Å². The molecule has 3 aromatic carbocycles. The number of aliphatic carboxylic acids is 1. The largest absolute Gasteiger partial charge is 0.481 e. The normalized spacial score (nSPS) is 12.1.